The van der Waals surface area contributed by atoms with E-state index in [0.717, 1.165) is 18.6 Å². The molecule has 3 nitrogen and oxygen atoms in total. The summed E-state index contributed by atoms with van der Waals surface area (Å²) in [5.41, 5.74) is 1.13. The minimum absolute atomic E-state index is 0.646. The smallest absolute Gasteiger partial charge is 0.120 e. The molecular weight excluding hydrogens is 254 g/mol. The number of rotatable bonds is 5. The number of benzene rings is 1. The third-order valence-electron chi connectivity index (χ3n) is 3.75. The molecule has 1 saturated heterocycles. The molecule has 0 saturated carbocycles. The minimum atomic E-state index is 0.646. The molecular formula is C15H21N3S. The van der Waals surface area contributed by atoms with Crippen molar-refractivity contribution >= 4 is 27.4 Å². The molecule has 1 atom stereocenters. The van der Waals surface area contributed by atoms with Gasteiger partial charge in [0.2, 0.25) is 0 Å². The van der Waals surface area contributed by atoms with E-state index in [4.69, 9.17) is 0 Å². The second-order valence-corrected chi connectivity index (χ2v) is 6.00. The molecule has 1 aromatic heterocycles. The Hall–Kier alpha value is -1.13. The van der Waals surface area contributed by atoms with E-state index < -0.39 is 0 Å². The number of nitrogens with zero attached hydrogens (tertiary/aromatic N) is 2. The van der Waals surface area contributed by atoms with Crippen molar-refractivity contribution in [3.05, 3.63) is 24.3 Å². The van der Waals surface area contributed by atoms with Crippen molar-refractivity contribution < 1.29 is 0 Å². The molecule has 3 rings (SSSR count). The first kappa shape index (κ1) is 12.9. The Morgan fingerprint density at radius 1 is 1.42 bits per heavy atom. The van der Waals surface area contributed by atoms with Gasteiger partial charge < -0.3 is 10.2 Å². The largest absolute Gasteiger partial charge is 0.360 e. The van der Waals surface area contributed by atoms with Crippen molar-refractivity contribution in [3.63, 3.8) is 0 Å². The Morgan fingerprint density at radius 3 is 3.11 bits per heavy atom. The van der Waals surface area contributed by atoms with Gasteiger partial charge in [-0.2, -0.15) is 4.37 Å². The molecule has 1 N–H and O–H groups in total. The van der Waals surface area contributed by atoms with Gasteiger partial charge >= 0.3 is 0 Å². The number of hydrogen-bond acceptors (Lipinski definition) is 4. The van der Waals surface area contributed by atoms with Gasteiger partial charge in [-0.25, -0.2) is 0 Å². The highest BCUT2D eigenvalue weighted by Crippen LogP contribution is 2.31. The van der Waals surface area contributed by atoms with E-state index in [9.17, 15) is 0 Å². The van der Waals surface area contributed by atoms with Crippen molar-refractivity contribution in [3.8, 4) is 0 Å². The molecule has 0 amide bonds. The molecule has 0 spiro atoms. The third-order valence-corrected chi connectivity index (χ3v) is 4.69. The van der Waals surface area contributed by atoms with E-state index in [2.05, 4.69) is 45.8 Å². The molecule has 102 valence electrons. The number of nitrogens with one attached hydrogen (secondary N) is 1. The minimum Gasteiger partial charge on any atom is -0.360 e. The van der Waals surface area contributed by atoms with Gasteiger partial charge in [-0.05, 0) is 49.5 Å². The maximum Gasteiger partial charge on any atom is 0.120 e. The van der Waals surface area contributed by atoms with Gasteiger partial charge in [0, 0.05) is 24.5 Å². The summed E-state index contributed by atoms with van der Waals surface area (Å²) in [6.07, 6.45) is 3.80. The van der Waals surface area contributed by atoms with Gasteiger partial charge in [0.15, 0.2) is 0 Å². The fraction of sp³-hybridized carbons (Fsp3) is 0.533. The average Bonchev–Trinajstić information content (AvgIpc) is 3.07. The predicted octanol–water partition coefficient (Wildman–Crippen LogP) is 3.26. The zero-order valence-electron chi connectivity index (χ0n) is 11.4. The summed E-state index contributed by atoms with van der Waals surface area (Å²) in [5.74, 6) is 0. The lowest BCUT2D eigenvalue weighted by atomic mass is 10.2. The van der Waals surface area contributed by atoms with Crippen LogP contribution in [0.5, 0.6) is 0 Å². The van der Waals surface area contributed by atoms with Gasteiger partial charge in [0.25, 0.3) is 0 Å². The molecule has 2 aromatic rings. The van der Waals surface area contributed by atoms with Crippen molar-refractivity contribution in [1.82, 2.24) is 9.69 Å². The first-order chi connectivity index (χ1) is 9.38. The number of aromatic nitrogens is 1. The highest BCUT2D eigenvalue weighted by atomic mass is 32.1. The van der Waals surface area contributed by atoms with Crippen molar-refractivity contribution in [2.45, 2.75) is 32.2 Å². The van der Waals surface area contributed by atoms with Gasteiger partial charge in [-0.3, -0.25) is 0 Å². The Labute approximate surface area is 118 Å². The molecule has 1 unspecified atom stereocenters. The van der Waals surface area contributed by atoms with Crippen molar-refractivity contribution in [1.29, 1.82) is 0 Å². The number of anilines is 1. The summed E-state index contributed by atoms with van der Waals surface area (Å²) in [7, 11) is 0. The second-order valence-electron chi connectivity index (χ2n) is 5.24. The van der Waals surface area contributed by atoms with Crippen LogP contribution < -0.4 is 10.2 Å². The maximum atomic E-state index is 4.58. The Kier molecular flexibility index (Phi) is 3.99. The first-order valence-corrected chi connectivity index (χ1v) is 7.98. The monoisotopic (exact) mass is 275 g/mol. The second kappa shape index (κ2) is 5.88. The van der Waals surface area contributed by atoms with E-state index >= 15 is 0 Å². The average molecular weight is 275 g/mol. The summed E-state index contributed by atoms with van der Waals surface area (Å²) < 4.78 is 4.58. The van der Waals surface area contributed by atoms with Crippen molar-refractivity contribution in [2.75, 3.05) is 24.5 Å². The highest BCUT2D eigenvalue weighted by molar-refractivity contribution is 7.11. The summed E-state index contributed by atoms with van der Waals surface area (Å²) in [4.78, 5) is 2.52. The molecule has 1 aromatic carbocycles. The quantitative estimate of drug-likeness (QED) is 0.908. The summed E-state index contributed by atoms with van der Waals surface area (Å²) in [6.45, 7) is 5.65. The van der Waals surface area contributed by atoms with E-state index in [1.165, 1.54) is 36.2 Å². The van der Waals surface area contributed by atoms with Crippen LogP contribution in [0.1, 0.15) is 26.2 Å². The predicted molar refractivity (Wildman–Crippen MR) is 83.1 cm³/mol. The van der Waals surface area contributed by atoms with E-state index in [-0.39, 0.29) is 0 Å². The third kappa shape index (κ3) is 2.74. The van der Waals surface area contributed by atoms with Crippen LogP contribution in [-0.2, 0) is 0 Å². The SMILES string of the molecule is CCCN(CC1CCCN1)c1snc2ccccc12. The van der Waals surface area contributed by atoms with Gasteiger partial charge in [-0.1, -0.05) is 19.1 Å². The van der Waals surface area contributed by atoms with E-state index in [1.54, 1.807) is 11.5 Å². The summed E-state index contributed by atoms with van der Waals surface area (Å²) in [5, 5.41) is 6.24. The zero-order chi connectivity index (χ0) is 13.1. The standard InChI is InChI=1S/C15H21N3S/c1-2-10-18(11-12-6-5-9-16-12)15-13-7-3-4-8-14(13)17-19-15/h3-4,7-8,12,16H,2,5-6,9-11H2,1H3. The van der Waals surface area contributed by atoms with E-state index in [1.807, 2.05) is 0 Å². The first-order valence-electron chi connectivity index (χ1n) is 7.21. The van der Waals surface area contributed by atoms with Gasteiger partial charge in [-0.15, -0.1) is 0 Å². The Balaban J connectivity index is 1.85. The molecule has 2 heterocycles. The van der Waals surface area contributed by atoms with Crippen LogP contribution in [-0.4, -0.2) is 30.0 Å². The van der Waals surface area contributed by atoms with Crippen LogP contribution in [0.4, 0.5) is 5.00 Å². The summed E-state index contributed by atoms with van der Waals surface area (Å²) >= 11 is 1.64. The van der Waals surface area contributed by atoms with Gasteiger partial charge in [0.1, 0.15) is 5.00 Å². The molecule has 0 radical (unpaired) electrons. The lowest BCUT2D eigenvalue weighted by Crippen LogP contribution is -2.37. The van der Waals surface area contributed by atoms with Crippen LogP contribution >= 0.6 is 11.5 Å². The topological polar surface area (TPSA) is 28.2 Å². The normalized spacial score (nSPS) is 19.1. The van der Waals surface area contributed by atoms with Crippen LogP contribution in [0, 0.1) is 0 Å². The lowest BCUT2D eigenvalue weighted by molar-refractivity contribution is 0.581. The van der Waals surface area contributed by atoms with Crippen LogP contribution in [0.3, 0.4) is 0 Å². The molecule has 0 aliphatic carbocycles. The lowest BCUT2D eigenvalue weighted by Gasteiger charge is -2.26. The molecule has 4 heteroatoms. The number of hydrogen-bond donors (Lipinski definition) is 1. The van der Waals surface area contributed by atoms with Crippen LogP contribution in [0.2, 0.25) is 0 Å². The maximum absolute atomic E-state index is 4.58. The van der Waals surface area contributed by atoms with Gasteiger partial charge in [0.05, 0.1) is 5.52 Å². The van der Waals surface area contributed by atoms with E-state index in [0.29, 0.717) is 6.04 Å². The fourth-order valence-corrected chi connectivity index (χ4v) is 3.72. The highest BCUT2D eigenvalue weighted by Gasteiger charge is 2.20. The van der Waals surface area contributed by atoms with Crippen LogP contribution in [0.15, 0.2) is 24.3 Å². The number of fused-ring (bicyclic) bond motifs is 1. The zero-order valence-corrected chi connectivity index (χ0v) is 12.2. The molecule has 1 fully saturated rings. The Morgan fingerprint density at radius 2 is 2.32 bits per heavy atom. The summed E-state index contributed by atoms with van der Waals surface area (Å²) in [6, 6.07) is 9.12. The fourth-order valence-electron chi connectivity index (χ4n) is 2.83. The molecule has 0 bridgehead atoms. The Bertz CT molecular complexity index is 531. The molecule has 19 heavy (non-hydrogen) atoms. The molecule has 1 aliphatic rings. The molecule has 1 aliphatic heterocycles. The van der Waals surface area contributed by atoms with Crippen molar-refractivity contribution in [2.24, 2.45) is 0 Å². The van der Waals surface area contributed by atoms with Crippen LogP contribution in [0.25, 0.3) is 10.9 Å².